The fraction of sp³-hybridized carbons (Fsp3) is 0.381. The summed E-state index contributed by atoms with van der Waals surface area (Å²) in [5.74, 6) is 1.73. The maximum atomic E-state index is 11.8. The number of esters is 1. The Hall–Kier alpha value is -2.29. The standard InChI is InChI=1S/C21H26O3/c1-4-17-7-11-20(12-8-17)24-21(22)6-5-15-23-19-13-9-18(10-14-19)16(2)3/h7-14,16H,4-6,15H2,1-3H3. The third-order valence-corrected chi connectivity index (χ3v) is 3.90. The molecule has 0 bridgehead atoms. The first kappa shape index (κ1) is 18.1. The average Bonchev–Trinajstić information content (AvgIpc) is 2.60. The van der Waals surface area contributed by atoms with E-state index in [0.717, 1.165) is 12.2 Å². The quantitative estimate of drug-likeness (QED) is 0.383. The van der Waals surface area contributed by atoms with Crippen LogP contribution in [0.15, 0.2) is 48.5 Å². The van der Waals surface area contributed by atoms with Gasteiger partial charge in [0.1, 0.15) is 11.5 Å². The monoisotopic (exact) mass is 326 g/mol. The lowest BCUT2D eigenvalue weighted by atomic mass is 10.0. The highest BCUT2D eigenvalue weighted by atomic mass is 16.5. The lowest BCUT2D eigenvalue weighted by molar-refractivity contribution is -0.134. The van der Waals surface area contributed by atoms with Crippen molar-refractivity contribution in [3.63, 3.8) is 0 Å². The zero-order valence-electron chi connectivity index (χ0n) is 14.7. The molecule has 24 heavy (non-hydrogen) atoms. The zero-order chi connectivity index (χ0) is 17.4. The van der Waals surface area contributed by atoms with Crippen LogP contribution in [0.2, 0.25) is 0 Å². The van der Waals surface area contributed by atoms with Gasteiger partial charge in [0.05, 0.1) is 6.61 Å². The summed E-state index contributed by atoms with van der Waals surface area (Å²) in [6.45, 7) is 6.93. The van der Waals surface area contributed by atoms with Crippen molar-refractivity contribution in [2.75, 3.05) is 6.61 Å². The predicted molar refractivity (Wildman–Crippen MR) is 96.7 cm³/mol. The van der Waals surface area contributed by atoms with Crippen LogP contribution in [0.4, 0.5) is 0 Å². The van der Waals surface area contributed by atoms with Crippen LogP contribution in [0, 0.1) is 0 Å². The van der Waals surface area contributed by atoms with Gasteiger partial charge < -0.3 is 9.47 Å². The molecule has 0 fully saturated rings. The molecular weight excluding hydrogens is 300 g/mol. The molecule has 2 aromatic rings. The van der Waals surface area contributed by atoms with Crippen molar-refractivity contribution in [2.24, 2.45) is 0 Å². The Kier molecular flexibility index (Phi) is 6.86. The van der Waals surface area contributed by atoms with Crippen molar-refractivity contribution < 1.29 is 14.3 Å². The molecule has 0 atom stereocenters. The van der Waals surface area contributed by atoms with Gasteiger partial charge in [-0.05, 0) is 54.2 Å². The van der Waals surface area contributed by atoms with Crippen molar-refractivity contribution in [3.8, 4) is 11.5 Å². The molecule has 0 spiro atoms. The molecule has 0 radical (unpaired) electrons. The van der Waals surface area contributed by atoms with Gasteiger partial charge in [0.2, 0.25) is 0 Å². The van der Waals surface area contributed by atoms with Gasteiger partial charge in [-0.15, -0.1) is 0 Å². The molecule has 3 nitrogen and oxygen atoms in total. The Labute approximate surface area is 144 Å². The molecule has 0 N–H and O–H groups in total. The summed E-state index contributed by atoms with van der Waals surface area (Å²) >= 11 is 0. The van der Waals surface area contributed by atoms with Crippen LogP contribution in [0.25, 0.3) is 0 Å². The van der Waals surface area contributed by atoms with Crippen LogP contribution < -0.4 is 9.47 Å². The Balaban J connectivity index is 1.68. The van der Waals surface area contributed by atoms with Crippen LogP contribution >= 0.6 is 0 Å². The molecule has 0 aromatic heterocycles. The van der Waals surface area contributed by atoms with Crippen LogP contribution in [0.3, 0.4) is 0 Å². The van der Waals surface area contributed by atoms with Crippen LogP contribution in [0.5, 0.6) is 11.5 Å². The lowest BCUT2D eigenvalue weighted by Crippen LogP contribution is -2.10. The summed E-state index contributed by atoms with van der Waals surface area (Å²) in [7, 11) is 0. The first-order valence-corrected chi connectivity index (χ1v) is 8.61. The number of aryl methyl sites for hydroxylation is 1. The van der Waals surface area contributed by atoms with Crippen LogP contribution in [-0.2, 0) is 11.2 Å². The van der Waals surface area contributed by atoms with E-state index in [0.29, 0.717) is 31.1 Å². The summed E-state index contributed by atoms with van der Waals surface area (Å²) in [6.07, 6.45) is 1.96. The number of carbonyl (C=O) groups is 1. The van der Waals surface area contributed by atoms with Gasteiger partial charge in [-0.25, -0.2) is 0 Å². The molecule has 0 aliphatic heterocycles. The summed E-state index contributed by atoms with van der Waals surface area (Å²) in [6, 6.07) is 15.7. The first-order valence-electron chi connectivity index (χ1n) is 8.61. The Bertz CT molecular complexity index is 627. The van der Waals surface area contributed by atoms with E-state index in [1.807, 2.05) is 36.4 Å². The van der Waals surface area contributed by atoms with Gasteiger partial charge in [-0.3, -0.25) is 4.79 Å². The molecule has 0 heterocycles. The summed E-state index contributed by atoms with van der Waals surface area (Å²) in [4.78, 5) is 11.8. The number of rotatable bonds is 8. The fourth-order valence-corrected chi connectivity index (χ4v) is 2.33. The molecule has 0 unspecified atom stereocenters. The lowest BCUT2D eigenvalue weighted by Gasteiger charge is -2.09. The molecule has 0 saturated heterocycles. The topological polar surface area (TPSA) is 35.5 Å². The van der Waals surface area contributed by atoms with Gasteiger partial charge in [0.25, 0.3) is 0 Å². The van der Waals surface area contributed by atoms with E-state index < -0.39 is 0 Å². The van der Waals surface area contributed by atoms with Crippen LogP contribution in [-0.4, -0.2) is 12.6 Å². The van der Waals surface area contributed by atoms with E-state index in [-0.39, 0.29) is 5.97 Å². The zero-order valence-corrected chi connectivity index (χ0v) is 14.7. The maximum Gasteiger partial charge on any atom is 0.311 e. The highest BCUT2D eigenvalue weighted by Crippen LogP contribution is 2.19. The van der Waals surface area contributed by atoms with E-state index >= 15 is 0 Å². The van der Waals surface area contributed by atoms with Crippen LogP contribution in [0.1, 0.15) is 50.7 Å². The largest absolute Gasteiger partial charge is 0.494 e. The molecule has 3 heteroatoms. The second kappa shape index (κ2) is 9.11. The van der Waals surface area contributed by atoms with Crippen molar-refractivity contribution in [3.05, 3.63) is 59.7 Å². The Morgan fingerprint density at radius 3 is 2.17 bits per heavy atom. The molecule has 0 saturated carbocycles. The number of ether oxygens (including phenoxy) is 2. The highest BCUT2D eigenvalue weighted by molar-refractivity contribution is 5.72. The smallest absolute Gasteiger partial charge is 0.311 e. The average molecular weight is 326 g/mol. The van der Waals surface area contributed by atoms with Gasteiger partial charge >= 0.3 is 5.97 Å². The van der Waals surface area contributed by atoms with Gasteiger partial charge in [0, 0.05) is 6.42 Å². The van der Waals surface area contributed by atoms with E-state index in [2.05, 4.69) is 32.9 Å². The minimum Gasteiger partial charge on any atom is -0.494 e. The summed E-state index contributed by atoms with van der Waals surface area (Å²) in [5, 5.41) is 0. The Morgan fingerprint density at radius 2 is 1.58 bits per heavy atom. The van der Waals surface area contributed by atoms with Gasteiger partial charge in [-0.1, -0.05) is 45.0 Å². The number of hydrogen-bond acceptors (Lipinski definition) is 3. The molecule has 2 aromatic carbocycles. The molecule has 0 amide bonds. The number of carbonyl (C=O) groups excluding carboxylic acids is 1. The third kappa shape index (κ3) is 5.73. The van der Waals surface area contributed by atoms with Crippen molar-refractivity contribution in [2.45, 2.75) is 46.0 Å². The fourth-order valence-electron chi connectivity index (χ4n) is 2.33. The SMILES string of the molecule is CCc1ccc(OC(=O)CCCOc2ccc(C(C)C)cc2)cc1. The molecule has 0 aliphatic carbocycles. The second-order valence-electron chi connectivity index (χ2n) is 6.15. The minimum absolute atomic E-state index is 0.224. The molecule has 0 aliphatic rings. The molecule has 128 valence electrons. The number of hydrogen-bond donors (Lipinski definition) is 0. The second-order valence-corrected chi connectivity index (χ2v) is 6.15. The summed E-state index contributed by atoms with van der Waals surface area (Å²) < 4.78 is 11.0. The Morgan fingerprint density at radius 1 is 0.958 bits per heavy atom. The van der Waals surface area contributed by atoms with E-state index in [1.165, 1.54) is 11.1 Å². The van der Waals surface area contributed by atoms with E-state index in [9.17, 15) is 4.79 Å². The van der Waals surface area contributed by atoms with Crippen molar-refractivity contribution in [1.82, 2.24) is 0 Å². The molecule has 2 rings (SSSR count). The third-order valence-electron chi connectivity index (χ3n) is 3.90. The van der Waals surface area contributed by atoms with E-state index in [1.54, 1.807) is 0 Å². The number of benzene rings is 2. The summed E-state index contributed by atoms with van der Waals surface area (Å²) in [5.41, 5.74) is 2.52. The van der Waals surface area contributed by atoms with Gasteiger partial charge in [-0.2, -0.15) is 0 Å². The normalized spacial score (nSPS) is 10.7. The predicted octanol–water partition coefficient (Wildman–Crippen LogP) is 5.14. The first-order chi connectivity index (χ1) is 11.6. The van der Waals surface area contributed by atoms with E-state index in [4.69, 9.17) is 9.47 Å². The maximum absolute atomic E-state index is 11.8. The van der Waals surface area contributed by atoms with Crippen molar-refractivity contribution in [1.29, 1.82) is 0 Å². The highest BCUT2D eigenvalue weighted by Gasteiger charge is 2.05. The minimum atomic E-state index is -0.224. The molecular formula is C21H26O3. The van der Waals surface area contributed by atoms with Gasteiger partial charge in [0.15, 0.2) is 0 Å². The van der Waals surface area contributed by atoms with Crippen molar-refractivity contribution >= 4 is 5.97 Å².